The van der Waals surface area contributed by atoms with Crippen molar-refractivity contribution in [3.8, 4) is 5.75 Å². The van der Waals surface area contributed by atoms with Crippen LogP contribution in [-0.4, -0.2) is 66.1 Å². The van der Waals surface area contributed by atoms with E-state index in [2.05, 4.69) is 25.1 Å². The normalized spacial score (nSPS) is 17.4. The van der Waals surface area contributed by atoms with Gasteiger partial charge in [-0.05, 0) is 70.2 Å². The number of rotatable bonds is 9. The maximum atomic E-state index is 12.5. The lowest BCUT2D eigenvalue weighted by molar-refractivity contribution is -0.138. The Kier molecular flexibility index (Phi) is 8.77. The quantitative estimate of drug-likeness (QED) is 0.656. The fourth-order valence-electron chi connectivity index (χ4n) is 3.69. The van der Waals surface area contributed by atoms with Crippen LogP contribution < -0.4 is 4.74 Å². The van der Waals surface area contributed by atoms with Crippen molar-refractivity contribution in [3.63, 3.8) is 0 Å². The zero-order valence-corrected chi connectivity index (χ0v) is 17.4. The van der Waals surface area contributed by atoms with Crippen molar-refractivity contribution in [2.24, 2.45) is 0 Å². The van der Waals surface area contributed by atoms with Crippen molar-refractivity contribution < 1.29 is 19.4 Å². The molecular formula is C22H34N2O4. The smallest absolute Gasteiger partial charge is 0.317 e. The summed E-state index contributed by atoms with van der Waals surface area (Å²) in [6.07, 6.45) is 4.93. The summed E-state index contributed by atoms with van der Waals surface area (Å²) >= 11 is 0. The number of aliphatic carboxylic acids is 1. The van der Waals surface area contributed by atoms with Crippen LogP contribution in [0.2, 0.25) is 0 Å². The van der Waals surface area contributed by atoms with E-state index in [9.17, 15) is 9.59 Å². The summed E-state index contributed by atoms with van der Waals surface area (Å²) < 4.78 is 5.86. The zero-order chi connectivity index (χ0) is 20.5. The van der Waals surface area contributed by atoms with E-state index < -0.39 is 5.97 Å². The molecule has 1 unspecified atom stereocenters. The molecule has 1 aromatic carbocycles. The second-order valence-corrected chi connectivity index (χ2v) is 7.85. The number of amides is 1. The minimum atomic E-state index is -0.803. The second-order valence-electron chi connectivity index (χ2n) is 7.85. The molecule has 0 spiro atoms. The molecule has 1 amide bonds. The van der Waals surface area contributed by atoms with E-state index in [1.165, 1.54) is 5.56 Å². The molecule has 6 heteroatoms. The maximum Gasteiger partial charge on any atom is 0.317 e. The third kappa shape index (κ3) is 7.15. The highest BCUT2D eigenvalue weighted by molar-refractivity contribution is 5.76. The molecular weight excluding hydrogens is 356 g/mol. The SMILES string of the molecule is Cc1ccc(C)c(OCCCCC(=O)N2CCCC(N(C)CC(=O)O)CC2)c1. The van der Waals surface area contributed by atoms with Crippen LogP contribution in [0.15, 0.2) is 18.2 Å². The molecule has 0 radical (unpaired) electrons. The molecule has 1 aliphatic rings. The van der Waals surface area contributed by atoms with Gasteiger partial charge < -0.3 is 14.7 Å². The zero-order valence-electron chi connectivity index (χ0n) is 17.4. The molecule has 1 saturated heterocycles. The number of carboxylic acids is 1. The first-order valence-electron chi connectivity index (χ1n) is 10.3. The molecule has 1 heterocycles. The number of likely N-dealkylation sites (N-methyl/N-ethyl adjacent to an activating group) is 1. The predicted octanol–water partition coefficient (Wildman–Crippen LogP) is 3.25. The van der Waals surface area contributed by atoms with Crippen molar-refractivity contribution in [1.82, 2.24) is 9.80 Å². The monoisotopic (exact) mass is 390 g/mol. The van der Waals surface area contributed by atoms with Crippen LogP contribution in [0.3, 0.4) is 0 Å². The van der Waals surface area contributed by atoms with E-state index in [0.29, 0.717) is 19.6 Å². The van der Waals surface area contributed by atoms with Crippen molar-refractivity contribution in [2.45, 2.75) is 58.4 Å². The first-order chi connectivity index (χ1) is 13.4. The van der Waals surface area contributed by atoms with Gasteiger partial charge in [-0.1, -0.05) is 12.1 Å². The topological polar surface area (TPSA) is 70.1 Å². The lowest BCUT2D eigenvalue weighted by Crippen LogP contribution is -2.37. The second kappa shape index (κ2) is 11.1. The number of nitrogens with zero attached hydrogens (tertiary/aromatic N) is 2. The Morgan fingerprint density at radius 3 is 2.75 bits per heavy atom. The van der Waals surface area contributed by atoms with E-state index in [1.54, 1.807) is 0 Å². The largest absolute Gasteiger partial charge is 0.493 e. The molecule has 0 aliphatic carbocycles. The van der Waals surface area contributed by atoms with Crippen molar-refractivity contribution in [1.29, 1.82) is 0 Å². The van der Waals surface area contributed by atoms with E-state index >= 15 is 0 Å². The molecule has 28 heavy (non-hydrogen) atoms. The van der Waals surface area contributed by atoms with Crippen LogP contribution in [0, 0.1) is 13.8 Å². The number of benzene rings is 1. The van der Waals surface area contributed by atoms with Gasteiger partial charge in [-0.2, -0.15) is 0 Å². The number of unbranched alkanes of at least 4 members (excludes halogenated alkanes) is 1. The van der Waals surface area contributed by atoms with Gasteiger partial charge in [0.25, 0.3) is 0 Å². The minimum absolute atomic E-state index is 0.0546. The third-order valence-corrected chi connectivity index (χ3v) is 5.44. The molecule has 0 bridgehead atoms. The van der Waals surface area contributed by atoms with E-state index in [0.717, 1.165) is 50.0 Å². The molecule has 0 aromatic heterocycles. The molecule has 1 atom stereocenters. The average Bonchev–Trinajstić information content (AvgIpc) is 2.90. The summed E-state index contributed by atoms with van der Waals surface area (Å²) in [4.78, 5) is 27.2. The van der Waals surface area contributed by atoms with Crippen LogP contribution in [0.4, 0.5) is 0 Å². The van der Waals surface area contributed by atoms with Crippen LogP contribution >= 0.6 is 0 Å². The van der Waals surface area contributed by atoms with Gasteiger partial charge >= 0.3 is 5.97 Å². The molecule has 2 rings (SSSR count). The number of likely N-dealkylation sites (tertiary alicyclic amines) is 1. The van der Waals surface area contributed by atoms with E-state index in [4.69, 9.17) is 9.84 Å². The number of aryl methyl sites for hydroxylation is 2. The van der Waals surface area contributed by atoms with E-state index in [-0.39, 0.29) is 18.5 Å². The van der Waals surface area contributed by atoms with Crippen LogP contribution in [0.1, 0.15) is 49.7 Å². The Hall–Kier alpha value is -2.08. The van der Waals surface area contributed by atoms with Crippen LogP contribution in [-0.2, 0) is 9.59 Å². The molecule has 1 aromatic rings. The first kappa shape index (κ1) is 22.2. The summed E-state index contributed by atoms with van der Waals surface area (Å²) in [5.74, 6) is 0.325. The Balaban J connectivity index is 1.67. The molecule has 6 nitrogen and oxygen atoms in total. The first-order valence-corrected chi connectivity index (χ1v) is 10.3. The Labute approximate surface area is 168 Å². The van der Waals surface area contributed by atoms with E-state index in [1.807, 2.05) is 23.8 Å². The van der Waals surface area contributed by atoms with Crippen molar-refractivity contribution >= 4 is 11.9 Å². The lowest BCUT2D eigenvalue weighted by Gasteiger charge is -2.25. The number of carbonyl (C=O) groups excluding carboxylic acids is 1. The van der Waals surface area contributed by atoms with Gasteiger partial charge in [0.05, 0.1) is 13.2 Å². The fraction of sp³-hybridized carbons (Fsp3) is 0.636. The number of carboxylic acid groups (broad SMARTS) is 1. The van der Waals surface area contributed by atoms with Gasteiger partial charge in [0.15, 0.2) is 0 Å². The molecule has 1 aliphatic heterocycles. The van der Waals surface area contributed by atoms with Gasteiger partial charge in [-0.25, -0.2) is 0 Å². The predicted molar refractivity (Wildman–Crippen MR) is 110 cm³/mol. The summed E-state index contributed by atoms with van der Waals surface area (Å²) in [5, 5.41) is 8.95. The lowest BCUT2D eigenvalue weighted by atomic mass is 10.1. The highest BCUT2D eigenvalue weighted by Gasteiger charge is 2.23. The average molecular weight is 391 g/mol. The van der Waals surface area contributed by atoms with Gasteiger partial charge in [0.1, 0.15) is 5.75 Å². The number of carbonyl (C=O) groups is 2. The summed E-state index contributed by atoms with van der Waals surface area (Å²) in [6.45, 7) is 6.26. The highest BCUT2D eigenvalue weighted by atomic mass is 16.5. The molecule has 1 fully saturated rings. The van der Waals surface area contributed by atoms with Gasteiger partial charge in [0, 0.05) is 25.6 Å². The Bertz CT molecular complexity index is 662. The molecule has 0 saturated carbocycles. The fourth-order valence-corrected chi connectivity index (χ4v) is 3.69. The number of hydrogen-bond donors (Lipinski definition) is 1. The summed E-state index contributed by atoms with van der Waals surface area (Å²) in [6, 6.07) is 6.43. The van der Waals surface area contributed by atoms with Crippen molar-refractivity contribution in [2.75, 3.05) is 33.3 Å². The third-order valence-electron chi connectivity index (χ3n) is 5.44. The van der Waals surface area contributed by atoms with Gasteiger partial charge in [-0.15, -0.1) is 0 Å². The van der Waals surface area contributed by atoms with Gasteiger partial charge in [0.2, 0.25) is 5.91 Å². The highest BCUT2D eigenvalue weighted by Crippen LogP contribution is 2.20. The maximum absolute atomic E-state index is 12.5. The van der Waals surface area contributed by atoms with Crippen molar-refractivity contribution in [3.05, 3.63) is 29.3 Å². The van der Waals surface area contributed by atoms with Crippen LogP contribution in [0.25, 0.3) is 0 Å². The minimum Gasteiger partial charge on any atom is -0.493 e. The summed E-state index contributed by atoms with van der Waals surface area (Å²) in [5.41, 5.74) is 2.32. The number of hydrogen-bond acceptors (Lipinski definition) is 4. The van der Waals surface area contributed by atoms with Gasteiger partial charge in [-0.3, -0.25) is 14.5 Å². The summed E-state index contributed by atoms with van der Waals surface area (Å²) in [7, 11) is 1.85. The van der Waals surface area contributed by atoms with Crippen LogP contribution in [0.5, 0.6) is 5.75 Å². The molecule has 1 N–H and O–H groups in total. The Morgan fingerprint density at radius 1 is 1.21 bits per heavy atom. The molecule has 156 valence electrons. The number of ether oxygens (including phenoxy) is 1. The Morgan fingerprint density at radius 2 is 2.00 bits per heavy atom. The standard InChI is InChI=1S/C22H34N2O4/c1-17-9-10-18(2)20(15-17)28-14-5-4-8-21(25)24-12-6-7-19(11-13-24)23(3)16-22(26)27/h9-10,15,19H,4-8,11-14,16H2,1-3H3,(H,26,27).